The van der Waals surface area contributed by atoms with Gasteiger partial charge >= 0.3 is 12.0 Å². The van der Waals surface area contributed by atoms with Gasteiger partial charge in [-0.2, -0.15) is 0 Å². The van der Waals surface area contributed by atoms with Crippen molar-refractivity contribution in [1.29, 1.82) is 0 Å². The molecule has 21 heavy (non-hydrogen) atoms. The Labute approximate surface area is 124 Å². The Hall–Kier alpha value is -1.67. The zero-order chi connectivity index (χ0) is 15.8. The maximum atomic E-state index is 11.8. The number of urea groups is 1. The second kappa shape index (κ2) is 8.58. The zero-order valence-corrected chi connectivity index (χ0v) is 12.5. The first-order valence-electron chi connectivity index (χ1n) is 7.15. The lowest BCUT2D eigenvalue weighted by atomic mass is 10.1. The monoisotopic (exact) mass is 300 g/mol. The van der Waals surface area contributed by atoms with E-state index in [-0.39, 0.29) is 6.54 Å². The van der Waals surface area contributed by atoms with E-state index in [1.165, 1.54) is 0 Å². The van der Waals surface area contributed by atoms with E-state index in [2.05, 4.69) is 16.0 Å². The Morgan fingerprint density at radius 1 is 1.38 bits per heavy atom. The van der Waals surface area contributed by atoms with Gasteiger partial charge in [0.1, 0.15) is 6.04 Å². The van der Waals surface area contributed by atoms with Crippen LogP contribution in [-0.4, -0.2) is 66.7 Å². The third-order valence-electron chi connectivity index (χ3n) is 3.25. The van der Waals surface area contributed by atoms with E-state index in [0.29, 0.717) is 32.1 Å². The summed E-state index contributed by atoms with van der Waals surface area (Å²) in [6.45, 7) is 5.86. The van der Waals surface area contributed by atoms with Crippen LogP contribution in [-0.2, 0) is 9.59 Å². The molecule has 1 atom stereocenters. The van der Waals surface area contributed by atoms with Crippen LogP contribution in [0.15, 0.2) is 0 Å². The summed E-state index contributed by atoms with van der Waals surface area (Å²) in [6, 6.07) is -1.28. The van der Waals surface area contributed by atoms with Crippen LogP contribution in [0.3, 0.4) is 0 Å². The average Bonchev–Trinajstić information content (AvgIpc) is 2.38. The molecular weight excluding hydrogens is 276 g/mol. The van der Waals surface area contributed by atoms with Crippen molar-refractivity contribution in [1.82, 2.24) is 20.9 Å². The summed E-state index contributed by atoms with van der Waals surface area (Å²) in [5, 5.41) is 16.9. The predicted molar refractivity (Wildman–Crippen MR) is 76.9 cm³/mol. The van der Waals surface area contributed by atoms with Crippen LogP contribution in [0.4, 0.5) is 4.79 Å². The van der Waals surface area contributed by atoms with Crippen molar-refractivity contribution >= 4 is 17.9 Å². The number of aliphatic carboxylic acids is 1. The Bertz CT molecular complexity index is 386. The molecule has 0 aromatic rings. The second-order valence-corrected chi connectivity index (χ2v) is 5.52. The van der Waals surface area contributed by atoms with Gasteiger partial charge in [0.2, 0.25) is 5.91 Å². The number of rotatable bonds is 6. The number of hydrogen-bond acceptors (Lipinski definition) is 5. The Balaban J connectivity index is 2.34. The van der Waals surface area contributed by atoms with Crippen molar-refractivity contribution in [2.75, 3.05) is 32.7 Å². The van der Waals surface area contributed by atoms with Crippen LogP contribution < -0.4 is 16.0 Å². The van der Waals surface area contributed by atoms with Crippen molar-refractivity contribution in [2.45, 2.75) is 26.3 Å². The molecule has 120 valence electrons. The summed E-state index contributed by atoms with van der Waals surface area (Å²) in [7, 11) is 0. The first kappa shape index (κ1) is 17.4. The maximum absolute atomic E-state index is 11.8. The lowest BCUT2D eigenvalue weighted by Gasteiger charge is -2.32. The largest absolute Gasteiger partial charge is 0.480 e. The molecule has 3 amide bonds. The van der Waals surface area contributed by atoms with Gasteiger partial charge in [-0.25, -0.2) is 4.79 Å². The lowest BCUT2D eigenvalue weighted by Crippen LogP contribution is -2.57. The first-order chi connectivity index (χ1) is 9.90. The molecule has 0 aromatic heterocycles. The molecule has 8 nitrogen and oxygen atoms in total. The molecule has 1 unspecified atom stereocenters. The van der Waals surface area contributed by atoms with Crippen molar-refractivity contribution in [3.05, 3.63) is 0 Å². The fourth-order valence-corrected chi connectivity index (χ4v) is 2.05. The minimum absolute atomic E-state index is 0.101. The van der Waals surface area contributed by atoms with Crippen LogP contribution in [0.1, 0.15) is 20.3 Å². The number of piperazine rings is 1. The molecule has 0 radical (unpaired) electrons. The van der Waals surface area contributed by atoms with Gasteiger partial charge in [0.15, 0.2) is 0 Å². The van der Waals surface area contributed by atoms with Crippen LogP contribution in [0.2, 0.25) is 0 Å². The molecule has 1 heterocycles. The molecular formula is C13H24N4O4. The fourth-order valence-electron chi connectivity index (χ4n) is 2.05. The number of carbonyl (C=O) groups is 3. The fraction of sp³-hybridized carbons (Fsp3) is 0.769. The summed E-state index contributed by atoms with van der Waals surface area (Å²) < 4.78 is 0. The second-order valence-electron chi connectivity index (χ2n) is 5.52. The molecule has 0 saturated carbocycles. The van der Waals surface area contributed by atoms with E-state index in [1.807, 2.05) is 13.8 Å². The molecule has 1 aliphatic heterocycles. The molecule has 0 spiro atoms. The van der Waals surface area contributed by atoms with Crippen molar-refractivity contribution in [2.24, 2.45) is 5.92 Å². The molecule has 8 heteroatoms. The highest BCUT2D eigenvalue weighted by molar-refractivity contribution is 5.95. The zero-order valence-electron chi connectivity index (χ0n) is 12.5. The normalized spacial score (nSPS) is 19.3. The maximum Gasteiger partial charge on any atom is 0.322 e. The number of amides is 3. The lowest BCUT2D eigenvalue weighted by molar-refractivity contribution is -0.144. The average molecular weight is 300 g/mol. The topological polar surface area (TPSA) is 111 Å². The number of imide groups is 1. The van der Waals surface area contributed by atoms with Crippen molar-refractivity contribution < 1.29 is 19.5 Å². The van der Waals surface area contributed by atoms with Gasteiger partial charge in [-0.1, -0.05) is 13.8 Å². The Morgan fingerprint density at radius 2 is 2.10 bits per heavy atom. The van der Waals surface area contributed by atoms with Crippen LogP contribution in [0.5, 0.6) is 0 Å². The van der Waals surface area contributed by atoms with Gasteiger partial charge in [0.25, 0.3) is 0 Å². The highest BCUT2D eigenvalue weighted by Crippen LogP contribution is 2.03. The van der Waals surface area contributed by atoms with Crippen molar-refractivity contribution in [3.63, 3.8) is 0 Å². The van der Waals surface area contributed by atoms with E-state index in [1.54, 1.807) is 4.90 Å². The van der Waals surface area contributed by atoms with Gasteiger partial charge in [-0.15, -0.1) is 0 Å². The highest BCUT2D eigenvalue weighted by Gasteiger charge is 2.29. The molecule has 0 aliphatic carbocycles. The first-order valence-corrected chi connectivity index (χ1v) is 7.15. The third-order valence-corrected chi connectivity index (χ3v) is 3.25. The Morgan fingerprint density at radius 3 is 2.71 bits per heavy atom. The molecule has 1 rings (SSSR count). The molecule has 0 bridgehead atoms. The number of carboxylic acid groups (broad SMARTS) is 1. The van der Waals surface area contributed by atoms with Gasteiger partial charge in [0.05, 0.1) is 6.54 Å². The van der Waals surface area contributed by atoms with Gasteiger partial charge in [0, 0.05) is 26.2 Å². The number of nitrogens with one attached hydrogen (secondary N) is 3. The van der Waals surface area contributed by atoms with Crippen LogP contribution in [0.25, 0.3) is 0 Å². The summed E-state index contributed by atoms with van der Waals surface area (Å²) in [5.74, 6) is -1.00. The predicted octanol–water partition coefficient (Wildman–Crippen LogP) is -0.783. The molecule has 0 aromatic carbocycles. The number of carbonyl (C=O) groups excluding carboxylic acids is 2. The van der Waals surface area contributed by atoms with E-state index >= 15 is 0 Å². The minimum Gasteiger partial charge on any atom is -0.480 e. The molecule has 4 N–H and O–H groups in total. The van der Waals surface area contributed by atoms with Crippen molar-refractivity contribution in [3.8, 4) is 0 Å². The summed E-state index contributed by atoms with van der Waals surface area (Å²) in [6.07, 6.45) is 0.834. The summed E-state index contributed by atoms with van der Waals surface area (Å²) in [5.41, 5.74) is 0. The molecule has 1 saturated heterocycles. The Kier molecular flexibility index (Phi) is 7.10. The third kappa shape index (κ3) is 6.54. The van der Waals surface area contributed by atoms with Crippen LogP contribution >= 0.6 is 0 Å². The van der Waals surface area contributed by atoms with E-state index < -0.39 is 23.9 Å². The molecule has 1 aliphatic rings. The molecule has 1 fully saturated rings. The minimum atomic E-state index is -0.976. The van der Waals surface area contributed by atoms with Gasteiger partial charge in [-0.3, -0.25) is 19.8 Å². The van der Waals surface area contributed by atoms with E-state index in [4.69, 9.17) is 5.11 Å². The number of carboxylic acids is 1. The van der Waals surface area contributed by atoms with Gasteiger partial charge < -0.3 is 15.7 Å². The SMILES string of the molecule is CC(C)CCNC(=O)NC(=O)CN1CCNCC1C(=O)O. The highest BCUT2D eigenvalue weighted by atomic mass is 16.4. The number of hydrogen-bond donors (Lipinski definition) is 4. The van der Waals surface area contributed by atoms with E-state index in [9.17, 15) is 14.4 Å². The van der Waals surface area contributed by atoms with E-state index in [0.717, 1.165) is 6.42 Å². The van der Waals surface area contributed by atoms with Gasteiger partial charge in [-0.05, 0) is 12.3 Å². The standard InChI is InChI=1S/C13H24N4O4/c1-9(2)3-4-15-13(21)16-11(18)8-17-6-5-14-7-10(17)12(19)20/h9-10,14H,3-8H2,1-2H3,(H,19,20)(H2,15,16,18,21). The number of nitrogens with zero attached hydrogens (tertiary/aromatic N) is 1. The van der Waals surface area contributed by atoms with Crippen LogP contribution in [0, 0.1) is 5.92 Å². The smallest absolute Gasteiger partial charge is 0.322 e. The summed E-state index contributed by atoms with van der Waals surface area (Å²) in [4.78, 5) is 35.9. The summed E-state index contributed by atoms with van der Waals surface area (Å²) >= 11 is 0. The quantitative estimate of drug-likeness (QED) is 0.512.